The van der Waals surface area contributed by atoms with Crippen LogP contribution in [0.1, 0.15) is 13.3 Å². The molecule has 3 heteroatoms. The number of hydrogen-bond donors (Lipinski definition) is 1. The third-order valence-corrected chi connectivity index (χ3v) is 3.17. The quantitative estimate of drug-likeness (QED) is 0.761. The number of hydrogen-bond acceptors (Lipinski definition) is 2. The summed E-state index contributed by atoms with van der Waals surface area (Å²) in [5.41, 5.74) is 7.59. The Morgan fingerprint density at radius 3 is 2.86 bits per heavy atom. The maximum atomic E-state index is 6.10. The predicted octanol–water partition coefficient (Wildman–Crippen LogP) is 2.77. The van der Waals surface area contributed by atoms with E-state index in [4.69, 9.17) is 17.3 Å². The van der Waals surface area contributed by atoms with E-state index in [2.05, 4.69) is 11.8 Å². The summed E-state index contributed by atoms with van der Waals surface area (Å²) < 4.78 is 0. The summed E-state index contributed by atoms with van der Waals surface area (Å²) in [6, 6.07) is 5.66. The van der Waals surface area contributed by atoms with Crippen molar-refractivity contribution in [3.63, 3.8) is 0 Å². The van der Waals surface area contributed by atoms with E-state index >= 15 is 0 Å². The summed E-state index contributed by atoms with van der Waals surface area (Å²) in [5, 5.41) is 0.800. The molecule has 0 bridgehead atoms. The van der Waals surface area contributed by atoms with E-state index in [1.807, 2.05) is 18.2 Å². The lowest BCUT2D eigenvalue weighted by Gasteiger charge is -2.41. The molecule has 1 heterocycles. The molecule has 0 unspecified atom stereocenters. The van der Waals surface area contributed by atoms with E-state index in [9.17, 15) is 0 Å². The normalized spacial score (nSPS) is 16.9. The van der Waals surface area contributed by atoms with E-state index < -0.39 is 0 Å². The van der Waals surface area contributed by atoms with Crippen molar-refractivity contribution < 1.29 is 0 Å². The van der Waals surface area contributed by atoms with Crippen LogP contribution < -0.4 is 10.6 Å². The summed E-state index contributed by atoms with van der Waals surface area (Å²) in [5.74, 6) is 0.826. The van der Waals surface area contributed by atoms with Gasteiger partial charge in [0.2, 0.25) is 0 Å². The lowest BCUT2D eigenvalue weighted by molar-refractivity contribution is 0.399. The average molecular weight is 211 g/mol. The van der Waals surface area contributed by atoms with E-state index in [1.165, 1.54) is 6.42 Å². The lowest BCUT2D eigenvalue weighted by atomic mass is 9.96. The number of benzene rings is 1. The van der Waals surface area contributed by atoms with Gasteiger partial charge >= 0.3 is 0 Å². The molecule has 1 aromatic rings. The lowest BCUT2D eigenvalue weighted by Crippen LogP contribution is -2.46. The highest BCUT2D eigenvalue weighted by molar-refractivity contribution is 6.33. The Morgan fingerprint density at radius 1 is 1.50 bits per heavy atom. The standard InChI is InChI=1S/C11H15ClN2/c1-2-8-6-14(7-8)11-5-9(13)3-4-10(11)12/h3-5,8H,2,6-7,13H2,1H3. The van der Waals surface area contributed by atoms with Gasteiger partial charge in [0.25, 0.3) is 0 Å². The second-order valence-corrected chi connectivity index (χ2v) is 4.30. The van der Waals surface area contributed by atoms with Gasteiger partial charge in [-0.25, -0.2) is 0 Å². The number of nitrogens with zero attached hydrogens (tertiary/aromatic N) is 1. The van der Waals surface area contributed by atoms with Crippen LogP contribution in [0.5, 0.6) is 0 Å². The molecule has 0 aromatic heterocycles. The van der Waals surface area contributed by atoms with Gasteiger partial charge in [0.1, 0.15) is 0 Å². The van der Waals surface area contributed by atoms with Crippen molar-refractivity contribution in [2.24, 2.45) is 5.92 Å². The van der Waals surface area contributed by atoms with Gasteiger partial charge in [0.15, 0.2) is 0 Å². The molecule has 1 aliphatic rings. The minimum Gasteiger partial charge on any atom is -0.399 e. The summed E-state index contributed by atoms with van der Waals surface area (Å²) >= 11 is 6.10. The first-order valence-electron chi connectivity index (χ1n) is 5.00. The van der Waals surface area contributed by atoms with Crippen molar-refractivity contribution in [1.82, 2.24) is 0 Å². The molecule has 0 aliphatic carbocycles. The molecule has 0 radical (unpaired) electrons. The fourth-order valence-electron chi connectivity index (χ4n) is 1.80. The average Bonchev–Trinajstić information content (AvgIpc) is 2.09. The molecule has 0 atom stereocenters. The van der Waals surface area contributed by atoms with Crippen molar-refractivity contribution >= 4 is 23.0 Å². The van der Waals surface area contributed by atoms with Crippen molar-refractivity contribution in [3.8, 4) is 0 Å². The highest BCUT2D eigenvalue weighted by Crippen LogP contribution is 2.33. The first-order chi connectivity index (χ1) is 6.70. The second-order valence-electron chi connectivity index (χ2n) is 3.89. The molecule has 1 aromatic carbocycles. The molecule has 0 spiro atoms. The molecule has 0 saturated carbocycles. The van der Waals surface area contributed by atoms with Crippen LogP contribution in [0.4, 0.5) is 11.4 Å². The number of anilines is 2. The third kappa shape index (κ3) is 1.67. The molecule has 1 fully saturated rings. The Kier molecular flexibility index (Phi) is 2.55. The van der Waals surface area contributed by atoms with Crippen molar-refractivity contribution in [2.75, 3.05) is 23.7 Å². The fourth-order valence-corrected chi connectivity index (χ4v) is 2.03. The maximum absolute atomic E-state index is 6.10. The maximum Gasteiger partial charge on any atom is 0.0641 e. The SMILES string of the molecule is CCC1CN(c2cc(N)ccc2Cl)C1. The van der Waals surface area contributed by atoms with E-state index in [1.54, 1.807) is 0 Å². The topological polar surface area (TPSA) is 29.3 Å². The first kappa shape index (κ1) is 9.66. The van der Waals surface area contributed by atoms with Crippen LogP contribution in [0.3, 0.4) is 0 Å². The van der Waals surface area contributed by atoms with Crippen LogP contribution in [0.2, 0.25) is 5.02 Å². The summed E-state index contributed by atoms with van der Waals surface area (Å²) in [6.45, 7) is 4.45. The molecule has 2 rings (SSSR count). The van der Waals surface area contributed by atoms with Crippen molar-refractivity contribution in [1.29, 1.82) is 0 Å². The molecule has 14 heavy (non-hydrogen) atoms. The van der Waals surface area contributed by atoms with Gasteiger partial charge in [0, 0.05) is 18.8 Å². The van der Waals surface area contributed by atoms with Crippen molar-refractivity contribution in [2.45, 2.75) is 13.3 Å². The monoisotopic (exact) mass is 210 g/mol. The van der Waals surface area contributed by atoms with E-state index in [-0.39, 0.29) is 0 Å². The minimum absolute atomic E-state index is 0.782. The van der Waals surface area contributed by atoms with Crippen LogP contribution in [0.15, 0.2) is 18.2 Å². The molecule has 1 aliphatic heterocycles. The zero-order chi connectivity index (χ0) is 10.1. The molecule has 0 amide bonds. The highest BCUT2D eigenvalue weighted by atomic mass is 35.5. The van der Waals surface area contributed by atoms with Crippen molar-refractivity contribution in [3.05, 3.63) is 23.2 Å². The molecule has 76 valence electrons. The van der Waals surface area contributed by atoms with Gasteiger partial charge in [-0.05, 0) is 30.5 Å². The number of halogens is 1. The third-order valence-electron chi connectivity index (χ3n) is 2.85. The fraction of sp³-hybridized carbons (Fsp3) is 0.455. The van der Waals surface area contributed by atoms with Crippen LogP contribution in [-0.4, -0.2) is 13.1 Å². The molecular formula is C11H15ClN2. The Labute approximate surface area is 89.7 Å². The van der Waals surface area contributed by atoms with Crippen LogP contribution >= 0.6 is 11.6 Å². The molecular weight excluding hydrogens is 196 g/mol. The van der Waals surface area contributed by atoms with E-state index in [0.717, 1.165) is 35.4 Å². The van der Waals surface area contributed by atoms with Crippen LogP contribution in [0.25, 0.3) is 0 Å². The van der Waals surface area contributed by atoms with E-state index in [0.29, 0.717) is 0 Å². The Bertz CT molecular complexity index is 332. The van der Waals surface area contributed by atoms with Gasteiger partial charge in [-0.2, -0.15) is 0 Å². The van der Waals surface area contributed by atoms with Crippen LogP contribution in [-0.2, 0) is 0 Å². The molecule has 2 N–H and O–H groups in total. The second kappa shape index (κ2) is 3.70. The Hall–Kier alpha value is -0.890. The Balaban J connectivity index is 2.13. The highest BCUT2D eigenvalue weighted by Gasteiger charge is 2.26. The van der Waals surface area contributed by atoms with Gasteiger partial charge < -0.3 is 10.6 Å². The van der Waals surface area contributed by atoms with Crippen LogP contribution in [0, 0.1) is 5.92 Å². The zero-order valence-corrected chi connectivity index (χ0v) is 9.09. The van der Waals surface area contributed by atoms with Gasteiger partial charge in [-0.15, -0.1) is 0 Å². The first-order valence-corrected chi connectivity index (χ1v) is 5.38. The summed E-state index contributed by atoms with van der Waals surface area (Å²) in [6.07, 6.45) is 1.25. The van der Waals surface area contributed by atoms with Gasteiger partial charge in [-0.1, -0.05) is 18.5 Å². The predicted molar refractivity (Wildman–Crippen MR) is 61.9 cm³/mol. The Morgan fingerprint density at radius 2 is 2.21 bits per heavy atom. The largest absolute Gasteiger partial charge is 0.399 e. The van der Waals surface area contributed by atoms with Gasteiger partial charge in [-0.3, -0.25) is 0 Å². The summed E-state index contributed by atoms with van der Waals surface area (Å²) in [4.78, 5) is 2.28. The smallest absolute Gasteiger partial charge is 0.0641 e. The minimum atomic E-state index is 0.782. The molecule has 2 nitrogen and oxygen atoms in total. The number of rotatable bonds is 2. The zero-order valence-electron chi connectivity index (χ0n) is 8.33. The summed E-state index contributed by atoms with van der Waals surface area (Å²) in [7, 11) is 0. The van der Waals surface area contributed by atoms with Gasteiger partial charge in [0.05, 0.1) is 10.7 Å². The number of nitrogen functional groups attached to an aromatic ring is 1. The molecule has 1 saturated heterocycles. The number of nitrogens with two attached hydrogens (primary N) is 1.